The third kappa shape index (κ3) is 2.60. The van der Waals surface area contributed by atoms with Crippen molar-refractivity contribution in [1.82, 2.24) is 9.88 Å². The van der Waals surface area contributed by atoms with Crippen molar-refractivity contribution in [2.24, 2.45) is 0 Å². The van der Waals surface area contributed by atoms with Crippen molar-refractivity contribution < 1.29 is 5.11 Å². The van der Waals surface area contributed by atoms with Crippen LogP contribution in [0.1, 0.15) is 31.7 Å². The van der Waals surface area contributed by atoms with Gasteiger partial charge in [-0.2, -0.15) is 0 Å². The largest absolute Gasteiger partial charge is 0.391 e. The van der Waals surface area contributed by atoms with Gasteiger partial charge in [-0.3, -0.25) is 9.88 Å². The standard InChI is InChI=1S/C13H20N2O/c1-2-15(12-4-3-5-13(12)16)10-11-6-8-14-9-7-11/h6-9,12-13,16H,2-5,10H2,1H3/t12-,13-/m0/s1. The Morgan fingerprint density at radius 2 is 2.12 bits per heavy atom. The van der Waals surface area contributed by atoms with Crippen LogP contribution in [0.25, 0.3) is 0 Å². The summed E-state index contributed by atoms with van der Waals surface area (Å²) >= 11 is 0. The summed E-state index contributed by atoms with van der Waals surface area (Å²) in [6, 6.07) is 4.44. The Balaban J connectivity index is 2.00. The van der Waals surface area contributed by atoms with E-state index in [-0.39, 0.29) is 6.10 Å². The van der Waals surface area contributed by atoms with E-state index >= 15 is 0 Å². The second kappa shape index (κ2) is 5.41. The van der Waals surface area contributed by atoms with Crippen molar-refractivity contribution >= 4 is 0 Å². The molecule has 0 radical (unpaired) electrons. The van der Waals surface area contributed by atoms with Gasteiger partial charge in [0, 0.05) is 25.0 Å². The van der Waals surface area contributed by atoms with Crippen molar-refractivity contribution in [3.05, 3.63) is 30.1 Å². The molecule has 1 aliphatic rings. The first-order chi connectivity index (χ1) is 7.81. The van der Waals surface area contributed by atoms with Gasteiger partial charge in [0.25, 0.3) is 0 Å². The highest BCUT2D eigenvalue weighted by atomic mass is 16.3. The fourth-order valence-corrected chi connectivity index (χ4v) is 2.53. The third-order valence-electron chi connectivity index (χ3n) is 3.45. The highest BCUT2D eigenvalue weighted by Gasteiger charge is 2.29. The molecule has 0 aromatic carbocycles. The van der Waals surface area contributed by atoms with E-state index in [0.29, 0.717) is 6.04 Å². The average Bonchev–Trinajstić information content (AvgIpc) is 2.74. The summed E-state index contributed by atoms with van der Waals surface area (Å²) in [7, 11) is 0. The molecule has 1 saturated carbocycles. The van der Waals surface area contributed by atoms with Gasteiger partial charge < -0.3 is 5.11 Å². The van der Waals surface area contributed by atoms with Crippen LogP contribution in [0.5, 0.6) is 0 Å². The van der Waals surface area contributed by atoms with E-state index < -0.39 is 0 Å². The summed E-state index contributed by atoms with van der Waals surface area (Å²) in [5, 5.41) is 9.91. The Labute approximate surface area is 97.1 Å². The Morgan fingerprint density at radius 1 is 1.38 bits per heavy atom. The molecule has 0 saturated heterocycles. The molecule has 1 heterocycles. The zero-order valence-corrected chi connectivity index (χ0v) is 9.84. The average molecular weight is 220 g/mol. The van der Waals surface area contributed by atoms with Gasteiger partial charge in [-0.05, 0) is 43.5 Å². The molecule has 2 rings (SSSR count). The fraction of sp³-hybridized carbons (Fsp3) is 0.615. The molecule has 16 heavy (non-hydrogen) atoms. The molecule has 0 unspecified atom stereocenters. The summed E-state index contributed by atoms with van der Waals surface area (Å²) in [6.45, 7) is 4.07. The monoisotopic (exact) mass is 220 g/mol. The summed E-state index contributed by atoms with van der Waals surface area (Å²) in [5.41, 5.74) is 1.27. The molecule has 1 N–H and O–H groups in total. The van der Waals surface area contributed by atoms with Crippen LogP contribution in [0.3, 0.4) is 0 Å². The van der Waals surface area contributed by atoms with Gasteiger partial charge in [-0.15, -0.1) is 0 Å². The Kier molecular flexibility index (Phi) is 3.91. The number of aromatic nitrogens is 1. The molecule has 88 valence electrons. The predicted octanol–water partition coefficient (Wildman–Crippen LogP) is 1.82. The maximum atomic E-state index is 9.91. The summed E-state index contributed by atoms with van der Waals surface area (Å²) in [4.78, 5) is 6.39. The van der Waals surface area contributed by atoms with Crippen molar-refractivity contribution in [2.75, 3.05) is 6.54 Å². The number of hydrogen-bond donors (Lipinski definition) is 1. The van der Waals surface area contributed by atoms with Crippen molar-refractivity contribution in [3.63, 3.8) is 0 Å². The van der Waals surface area contributed by atoms with E-state index in [1.54, 1.807) is 0 Å². The maximum absolute atomic E-state index is 9.91. The number of pyridine rings is 1. The number of aliphatic hydroxyl groups excluding tert-OH is 1. The second-order valence-corrected chi connectivity index (χ2v) is 4.48. The summed E-state index contributed by atoms with van der Waals surface area (Å²) in [5.74, 6) is 0. The first-order valence-corrected chi connectivity index (χ1v) is 6.12. The minimum atomic E-state index is -0.137. The Bertz CT molecular complexity index is 315. The number of aliphatic hydroxyl groups is 1. The van der Waals surface area contributed by atoms with Gasteiger partial charge in [0.1, 0.15) is 0 Å². The van der Waals surface area contributed by atoms with Gasteiger partial charge in [0.05, 0.1) is 6.10 Å². The van der Waals surface area contributed by atoms with Crippen LogP contribution < -0.4 is 0 Å². The van der Waals surface area contributed by atoms with Crippen LogP contribution in [0, 0.1) is 0 Å². The van der Waals surface area contributed by atoms with Gasteiger partial charge >= 0.3 is 0 Å². The third-order valence-corrected chi connectivity index (χ3v) is 3.45. The van der Waals surface area contributed by atoms with E-state index in [4.69, 9.17) is 0 Å². The smallest absolute Gasteiger partial charge is 0.0695 e. The quantitative estimate of drug-likeness (QED) is 0.840. The highest BCUT2D eigenvalue weighted by Crippen LogP contribution is 2.25. The zero-order chi connectivity index (χ0) is 11.4. The lowest BCUT2D eigenvalue weighted by atomic mass is 10.1. The van der Waals surface area contributed by atoms with Gasteiger partial charge in [-0.25, -0.2) is 0 Å². The molecule has 1 fully saturated rings. The molecule has 1 aliphatic carbocycles. The van der Waals surface area contributed by atoms with Crippen LogP contribution in [-0.2, 0) is 6.54 Å². The van der Waals surface area contributed by atoms with Gasteiger partial charge in [0.15, 0.2) is 0 Å². The molecular formula is C13H20N2O. The van der Waals surface area contributed by atoms with Crippen molar-refractivity contribution in [3.8, 4) is 0 Å². The molecule has 0 amide bonds. The van der Waals surface area contributed by atoms with Crippen LogP contribution in [-0.4, -0.2) is 33.7 Å². The zero-order valence-electron chi connectivity index (χ0n) is 9.84. The lowest BCUT2D eigenvalue weighted by Crippen LogP contribution is -2.39. The lowest BCUT2D eigenvalue weighted by molar-refractivity contribution is 0.0693. The molecule has 3 nitrogen and oxygen atoms in total. The normalized spacial score (nSPS) is 25.2. The Morgan fingerprint density at radius 3 is 2.69 bits per heavy atom. The molecule has 1 aromatic rings. The summed E-state index contributed by atoms with van der Waals surface area (Å²) < 4.78 is 0. The lowest BCUT2D eigenvalue weighted by Gasteiger charge is -2.29. The first kappa shape index (κ1) is 11.6. The van der Waals surface area contributed by atoms with E-state index in [1.165, 1.54) is 5.56 Å². The van der Waals surface area contributed by atoms with Crippen molar-refractivity contribution in [2.45, 2.75) is 44.9 Å². The SMILES string of the molecule is CCN(Cc1ccncc1)[C@H]1CCC[C@@H]1O. The summed E-state index contributed by atoms with van der Waals surface area (Å²) in [6.07, 6.45) is 6.75. The van der Waals surface area contributed by atoms with E-state index in [0.717, 1.165) is 32.4 Å². The molecule has 2 atom stereocenters. The maximum Gasteiger partial charge on any atom is 0.0695 e. The number of hydrogen-bond acceptors (Lipinski definition) is 3. The topological polar surface area (TPSA) is 36.4 Å². The number of rotatable bonds is 4. The van der Waals surface area contributed by atoms with Crippen LogP contribution in [0.15, 0.2) is 24.5 Å². The number of likely N-dealkylation sites (N-methyl/N-ethyl adjacent to an activating group) is 1. The second-order valence-electron chi connectivity index (χ2n) is 4.48. The highest BCUT2D eigenvalue weighted by molar-refractivity contribution is 5.09. The van der Waals surface area contributed by atoms with Crippen LogP contribution in [0.2, 0.25) is 0 Å². The predicted molar refractivity (Wildman–Crippen MR) is 64.0 cm³/mol. The number of nitrogens with zero attached hydrogens (tertiary/aromatic N) is 2. The van der Waals surface area contributed by atoms with E-state index in [2.05, 4.69) is 16.8 Å². The molecule has 3 heteroatoms. The van der Waals surface area contributed by atoms with Crippen LogP contribution in [0.4, 0.5) is 0 Å². The van der Waals surface area contributed by atoms with Crippen LogP contribution >= 0.6 is 0 Å². The van der Waals surface area contributed by atoms with Crippen molar-refractivity contribution in [1.29, 1.82) is 0 Å². The minimum Gasteiger partial charge on any atom is -0.391 e. The molecular weight excluding hydrogens is 200 g/mol. The fourth-order valence-electron chi connectivity index (χ4n) is 2.53. The van der Waals surface area contributed by atoms with Gasteiger partial charge in [-0.1, -0.05) is 6.92 Å². The van der Waals surface area contributed by atoms with E-state index in [1.807, 2.05) is 24.5 Å². The Hall–Kier alpha value is -0.930. The molecule has 0 bridgehead atoms. The van der Waals surface area contributed by atoms with Gasteiger partial charge in [0.2, 0.25) is 0 Å². The van der Waals surface area contributed by atoms with E-state index in [9.17, 15) is 5.11 Å². The molecule has 1 aromatic heterocycles. The molecule has 0 aliphatic heterocycles. The first-order valence-electron chi connectivity index (χ1n) is 6.12. The minimum absolute atomic E-state index is 0.137. The molecule has 0 spiro atoms.